The Balaban J connectivity index is 2.63. The molecule has 7 heteroatoms. The fourth-order valence-electron chi connectivity index (χ4n) is 1.95. The zero-order valence-corrected chi connectivity index (χ0v) is 14.4. The summed E-state index contributed by atoms with van der Waals surface area (Å²) in [7, 11) is 0.308. The lowest BCUT2D eigenvalue weighted by atomic mass is 10.1. The highest BCUT2D eigenvalue weighted by atomic mass is 32.2. The average Bonchev–Trinajstić information content (AvgIpc) is 2.42. The van der Waals surface area contributed by atoms with Gasteiger partial charge in [0.15, 0.2) is 0 Å². The maximum Gasteiger partial charge on any atom is 0.235 e. The molecule has 0 bridgehead atoms. The lowest BCUT2D eigenvalue weighted by molar-refractivity contribution is -0.122. The van der Waals surface area contributed by atoms with Crippen LogP contribution in [0.2, 0.25) is 0 Å². The summed E-state index contributed by atoms with van der Waals surface area (Å²) in [5.74, 6) is -0.305. The van der Waals surface area contributed by atoms with E-state index in [0.717, 1.165) is 11.8 Å². The van der Waals surface area contributed by atoms with Gasteiger partial charge in [-0.3, -0.25) is 4.79 Å². The third kappa shape index (κ3) is 6.55. The first-order valence-corrected chi connectivity index (χ1v) is 8.99. The van der Waals surface area contributed by atoms with Crippen molar-refractivity contribution in [1.82, 2.24) is 14.5 Å². The van der Waals surface area contributed by atoms with Gasteiger partial charge >= 0.3 is 0 Å². The third-order valence-electron chi connectivity index (χ3n) is 3.26. The maximum atomic E-state index is 12.1. The molecule has 0 aliphatic heterocycles. The van der Waals surface area contributed by atoms with Crippen LogP contribution >= 0.6 is 0 Å². The SMILES string of the molecule is CC(NC(=O)CN(CCN(C)C)S(C)(=O)=O)c1ccccc1. The van der Waals surface area contributed by atoms with Gasteiger partial charge in [-0.25, -0.2) is 8.42 Å². The number of amides is 1. The van der Waals surface area contributed by atoms with E-state index in [2.05, 4.69) is 5.32 Å². The van der Waals surface area contributed by atoms with Crippen LogP contribution in [0.25, 0.3) is 0 Å². The first kappa shape index (κ1) is 18.6. The Morgan fingerprint density at radius 1 is 1.18 bits per heavy atom. The van der Waals surface area contributed by atoms with Crippen molar-refractivity contribution >= 4 is 15.9 Å². The normalized spacial score (nSPS) is 13.4. The summed E-state index contributed by atoms with van der Waals surface area (Å²) in [4.78, 5) is 14.0. The van der Waals surface area contributed by atoms with Gasteiger partial charge in [0.1, 0.15) is 0 Å². The molecule has 124 valence electrons. The highest BCUT2D eigenvalue weighted by Crippen LogP contribution is 2.11. The maximum absolute atomic E-state index is 12.1. The van der Waals surface area contributed by atoms with E-state index in [-0.39, 0.29) is 18.5 Å². The number of likely N-dealkylation sites (N-methyl/N-ethyl adjacent to an activating group) is 1. The molecule has 0 spiro atoms. The van der Waals surface area contributed by atoms with Crippen molar-refractivity contribution in [3.8, 4) is 0 Å². The molecule has 1 unspecified atom stereocenters. The minimum atomic E-state index is -3.41. The predicted octanol–water partition coefficient (Wildman–Crippen LogP) is 0.687. The minimum Gasteiger partial charge on any atom is -0.348 e. The van der Waals surface area contributed by atoms with Crippen molar-refractivity contribution in [2.24, 2.45) is 0 Å². The number of nitrogens with one attached hydrogen (secondary N) is 1. The van der Waals surface area contributed by atoms with Crippen molar-refractivity contribution in [3.63, 3.8) is 0 Å². The van der Waals surface area contributed by atoms with Crippen LogP contribution in [0.15, 0.2) is 30.3 Å². The van der Waals surface area contributed by atoms with E-state index >= 15 is 0 Å². The van der Waals surface area contributed by atoms with Gasteiger partial charge in [0.05, 0.1) is 18.8 Å². The minimum absolute atomic E-state index is 0.163. The number of carbonyl (C=O) groups is 1. The molecule has 1 amide bonds. The van der Waals surface area contributed by atoms with Gasteiger partial charge in [-0.05, 0) is 26.6 Å². The molecule has 1 atom stereocenters. The molecule has 1 N–H and O–H groups in total. The van der Waals surface area contributed by atoms with Crippen LogP contribution in [0, 0.1) is 0 Å². The summed E-state index contributed by atoms with van der Waals surface area (Å²) in [6, 6.07) is 9.39. The number of nitrogens with zero attached hydrogens (tertiary/aromatic N) is 2. The smallest absolute Gasteiger partial charge is 0.235 e. The monoisotopic (exact) mass is 327 g/mol. The van der Waals surface area contributed by atoms with Gasteiger partial charge in [0.2, 0.25) is 15.9 Å². The van der Waals surface area contributed by atoms with Crippen molar-refractivity contribution in [3.05, 3.63) is 35.9 Å². The second kappa shape index (κ2) is 8.26. The Kier molecular flexibility index (Phi) is 6.99. The summed E-state index contributed by atoms with van der Waals surface area (Å²) in [5, 5.41) is 2.83. The number of carbonyl (C=O) groups excluding carboxylic acids is 1. The molecule has 1 aromatic rings. The number of hydrogen-bond acceptors (Lipinski definition) is 4. The molecule has 0 fully saturated rings. The van der Waals surface area contributed by atoms with Crippen molar-refractivity contribution in [2.75, 3.05) is 40.0 Å². The van der Waals surface area contributed by atoms with Crippen molar-refractivity contribution < 1.29 is 13.2 Å². The molecule has 0 saturated heterocycles. The Bertz CT molecular complexity index is 573. The lowest BCUT2D eigenvalue weighted by Crippen LogP contribution is -2.43. The van der Waals surface area contributed by atoms with E-state index in [4.69, 9.17) is 0 Å². The molecule has 0 saturated carbocycles. The number of hydrogen-bond donors (Lipinski definition) is 1. The molecule has 22 heavy (non-hydrogen) atoms. The second-order valence-electron chi connectivity index (χ2n) is 5.60. The summed E-state index contributed by atoms with van der Waals surface area (Å²) in [6.07, 6.45) is 1.12. The van der Waals surface area contributed by atoms with Gasteiger partial charge in [-0.15, -0.1) is 0 Å². The molecule has 6 nitrogen and oxygen atoms in total. The Morgan fingerprint density at radius 3 is 2.27 bits per heavy atom. The van der Waals surface area contributed by atoms with Crippen molar-refractivity contribution in [1.29, 1.82) is 0 Å². The van der Waals surface area contributed by atoms with Crippen LogP contribution in [0.4, 0.5) is 0 Å². The van der Waals surface area contributed by atoms with Crippen LogP contribution in [0.1, 0.15) is 18.5 Å². The number of rotatable bonds is 8. The fourth-order valence-corrected chi connectivity index (χ4v) is 2.71. The van der Waals surface area contributed by atoms with Crippen molar-refractivity contribution in [2.45, 2.75) is 13.0 Å². The largest absolute Gasteiger partial charge is 0.348 e. The summed E-state index contributed by atoms with van der Waals surface area (Å²) < 4.78 is 24.7. The van der Waals surface area contributed by atoms with Crippen LogP contribution < -0.4 is 5.32 Å². The Hall–Kier alpha value is -1.44. The van der Waals surface area contributed by atoms with E-state index in [1.54, 1.807) is 0 Å². The number of benzene rings is 1. The molecule has 1 rings (SSSR count). The van der Waals surface area contributed by atoms with E-state index in [1.807, 2.05) is 56.3 Å². The molecule has 0 aliphatic rings. The molecular weight excluding hydrogens is 302 g/mol. The van der Waals surface area contributed by atoms with Gasteiger partial charge in [0.25, 0.3) is 0 Å². The Morgan fingerprint density at radius 2 is 1.77 bits per heavy atom. The zero-order valence-electron chi connectivity index (χ0n) is 13.6. The average molecular weight is 327 g/mol. The summed E-state index contributed by atoms with van der Waals surface area (Å²) in [5.41, 5.74) is 0.982. The molecular formula is C15H25N3O3S. The first-order valence-electron chi connectivity index (χ1n) is 7.14. The third-order valence-corrected chi connectivity index (χ3v) is 4.51. The lowest BCUT2D eigenvalue weighted by Gasteiger charge is -2.22. The van der Waals surface area contributed by atoms with Crippen LogP contribution in [-0.2, 0) is 14.8 Å². The molecule has 0 aliphatic carbocycles. The highest BCUT2D eigenvalue weighted by molar-refractivity contribution is 7.88. The van der Waals surface area contributed by atoms with E-state index in [0.29, 0.717) is 13.1 Å². The molecule has 0 aromatic heterocycles. The quantitative estimate of drug-likeness (QED) is 0.762. The predicted molar refractivity (Wildman–Crippen MR) is 88.0 cm³/mol. The van der Waals surface area contributed by atoms with Gasteiger partial charge in [-0.2, -0.15) is 4.31 Å². The fraction of sp³-hybridized carbons (Fsp3) is 0.533. The van der Waals surface area contributed by atoms with Gasteiger partial charge in [-0.1, -0.05) is 30.3 Å². The zero-order chi connectivity index (χ0) is 16.8. The molecule has 1 aromatic carbocycles. The van der Waals surface area contributed by atoms with E-state index in [9.17, 15) is 13.2 Å². The van der Waals surface area contributed by atoms with E-state index in [1.165, 1.54) is 4.31 Å². The summed E-state index contributed by atoms with van der Waals surface area (Å²) in [6.45, 7) is 2.56. The Labute approximate surface area is 133 Å². The van der Waals surface area contributed by atoms with E-state index < -0.39 is 10.0 Å². The second-order valence-corrected chi connectivity index (χ2v) is 7.58. The molecule has 0 heterocycles. The standard InChI is InChI=1S/C15H25N3O3S/c1-13(14-8-6-5-7-9-14)16-15(19)12-18(22(4,20)21)11-10-17(2)3/h5-9,13H,10-12H2,1-4H3,(H,16,19). The molecule has 0 radical (unpaired) electrons. The first-order chi connectivity index (χ1) is 10.2. The summed E-state index contributed by atoms with van der Waals surface area (Å²) >= 11 is 0. The van der Waals surface area contributed by atoms with Crippen LogP contribution in [0.5, 0.6) is 0 Å². The van der Waals surface area contributed by atoms with Crippen LogP contribution in [-0.4, -0.2) is 63.5 Å². The topological polar surface area (TPSA) is 69.7 Å². The van der Waals surface area contributed by atoms with Gasteiger partial charge < -0.3 is 10.2 Å². The number of sulfonamides is 1. The highest BCUT2D eigenvalue weighted by Gasteiger charge is 2.21. The van der Waals surface area contributed by atoms with Crippen LogP contribution in [0.3, 0.4) is 0 Å². The van der Waals surface area contributed by atoms with Gasteiger partial charge in [0, 0.05) is 13.1 Å².